The first-order valence-corrected chi connectivity index (χ1v) is 11.8. The van der Waals surface area contributed by atoms with Crippen molar-refractivity contribution in [1.82, 2.24) is 20.0 Å². The smallest absolute Gasteiger partial charge is 0.239 e. The van der Waals surface area contributed by atoms with Crippen LogP contribution in [0, 0.1) is 0 Å². The van der Waals surface area contributed by atoms with Gasteiger partial charge in [-0.2, -0.15) is 0 Å². The van der Waals surface area contributed by atoms with E-state index in [1.165, 1.54) is 11.1 Å². The molecule has 2 fully saturated rings. The SMILES string of the molecule is CCNC(=NCc1ccc(COCC)cc1)N1CCN(C(C)C(=O)N2CCCC2)CC1.I. The van der Waals surface area contributed by atoms with E-state index in [9.17, 15) is 4.79 Å². The van der Waals surface area contributed by atoms with E-state index in [2.05, 4.69) is 53.2 Å². The van der Waals surface area contributed by atoms with E-state index in [4.69, 9.17) is 9.73 Å². The highest BCUT2D eigenvalue weighted by molar-refractivity contribution is 14.0. The molecule has 1 aromatic carbocycles. The van der Waals surface area contributed by atoms with E-state index < -0.39 is 0 Å². The summed E-state index contributed by atoms with van der Waals surface area (Å²) < 4.78 is 5.47. The molecule has 2 saturated heterocycles. The third-order valence-corrected chi connectivity index (χ3v) is 6.18. The lowest BCUT2D eigenvalue weighted by Gasteiger charge is -2.39. The number of nitrogens with zero attached hydrogens (tertiary/aromatic N) is 4. The fourth-order valence-electron chi connectivity index (χ4n) is 4.23. The second-order valence-corrected chi connectivity index (χ2v) is 8.36. The number of amides is 1. The van der Waals surface area contributed by atoms with Crippen LogP contribution < -0.4 is 5.32 Å². The summed E-state index contributed by atoms with van der Waals surface area (Å²) in [7, 11) is 0. The molecule has 1 N–H and O–H groups in total. The van der Waals surface area contributed by atoms with Crippen LogP contribution in [-0.4, -0.2) is 85.0 Å². The molecule has 0 bridgehead atoms. The minimum atomic E-state index is -0.0324. The van der Waals surface area contributed by atoms with Gasteiger partial charge in [0.05, 0.1) is 19.2 Å². The molecule has 2 aliphatic heterocycles. The normalized spacial score (nSPS) is 18.4. The summed E-state index contributed by atoms with van der Waals surface area (Å²) in [6.45, 7) is 14.5. The van der Waals surface area contributed by atoms with Crippen LogP contribution in [0.15, 0.2) is 29.3 Å². The van der Waals surface area contributed by atoms with Gasteiger partial charge in [0, 0.05) is 52.4 Å². The Morgan fingerprint density at radius 1 is 1.00 bits per heavy atom. The zero-order chi connectivity index (χ0) is 22.1. The molecule has 7 nitrogen and oxygen atoms in total. The molecular weight excluding hydrogens is 517 g/mol. The maximum atomic E-state index is 12.7. The van der Waals surface area contributed by atoms with Crippen molar-refractivity contribution < 1.29 is 9.53 Å². The lowest BCUT2D eigenvalue weighted by molar-refractivity contribution is -0.135. The number of benzene rings is 1. The largest absolute Gasteiger partial charge is 0.377 e. The second-order valence-electron chi connectivity index (χ2n) is 8.36. The maximum Gasteiger partial charge on any atom is 0.239 e. The third kappa shape index (κ3) is 7.59. The molecule has 0 aromatic heterocycles. The fourth-order valence-corrected chi connectivity index (χ4v) is 4.23. The molecule has 32 heavy (non-hydrogen) atoms. The van der Waals surface area contributed by atoms with Crippen LogP contribution in [0.3, 0.4) is 0 Å². The van der Waals surface area contributed by atoms with Crippen molar-refractivity contribution in [2.24, 2.45) is 4.99 Å². The molecule has 0 aliphatic carbocycles. The van der Waals surface area contributed by atoms with E-state index >= 15 is 0 Å². The Hall–Kier alpha value is -1.39. The summed E-state index contributed by atoms with van der Waals surface area (Å²) in [4.78, 5) is 24.3. The number of hydrogen-bond donors (Lipinski definition) is 1. The van der Waals surface area contributed by atoms with E-state index in [-0.39, 0.29) is 30.0 Å². The number of hydrogen-bond acceptors (Lipinski definition) is 4. The zero-order valence-electron chi connectivity index (χ0n) is 19.9. The van der Waals surface area contributed by atoms with Gasteiger partial charge in [-0.15, -0.1) is 24.0 Å². The van der Waals surface area contributed by atoms with E-state index in [0.29, 0.717) is 19.1 Å². The number of rotatable bonds is 8. The number of aliphatic imine (C=N–C) groups is 1. The van der Waals surface area contributed by atoms with Gasteiger partial charge in [0.2, 0.25) is 5.91 Å². The molecule has 3 rings (SSSR count). The fraction of sp³-hybridized carbons (Fsp3) is 0.667. The summed E-state index contributed by atoms with van der Waals surface area (Å²) in [6, 6.07) is 8.46. The summed E-state index contributed by atoms with van der Waals surface area (Å²) in [5, 5.41) is 3.44. The van der Waals surface area contributed by atoms with Gasteiger partial charge in [-0.1, -0.05) is 24.3 Å². The standard InChI is InChI=1S/C24H39N5O2.HI/c1-4-25-24(26-18-21-8-10-22(11-9-21)19-31-5-2)29-16-14-27(15-17-29)20(3)23(30)28-12-6-7-13-28;/h8-11,20H,4-7,12-19H2,1-3H3,(H,25,26);1H. The van der Waals surface area contributed by atoms with Crippen LogP contribution >= 0.6 is 24.0 Å². The monoisotopic (exact) mass is 557 g/mol. The average Bonchev–Trinajstić information content (AvgIpc) is 3.35. The number of halogens is 1. The van der Waals surface area contributed by atoms with Gasteiger partial charge in [-0.05, 0) is 44.7 Å². The molecule has 1 atom stereocenters. The predicted molar refractivity (Wildman–Crippen MR) is 140 cm³/mol. The lowest BCUT2D eigenvalue weighted by atomic mass is 10.1. The van der Waals surface area contributed by atoms with Crippen LogP contribution in [0.4, 0.5) is 0 Å². The average molecular weight is 558 g/mol. The van der Waals surface area contributed by atoms with Crippen LogP contribution in [0.1, 0.15) is 44.7 Å². The molecule has 8 heteroatoms. The predicted octanol–water partition coefficient (Wildman–Crippen LogP) is 2.94. The van der Waals surface area contributed by atoms with Gasteiger partial charge in [-0.25, -0.2) is 4.99 Å². The Morgan fingerprint density at radius 2 is 1.62 bits per heavy atom. The van der Waals surface area contributed by atoms with Crippen molar-refractivity contribution in [2.75, 3.05) is 52.4 Å². The maximum absolute atomic E-state index is 12.7. The highest BCUT2D eigenvalue weighted by atomic mass is 127. The van der Waals surface area contributed by atoms with Gasteiger partial charge in [0.15, 0.2) is 5.96 Å². The highest BCUT2D eigenvalue weighted by Crippen LogP contribution is 2.14. The molecule has 2 heterocycles. The number of likely N-dealkylation sites (tertiary alicyclic amines) is 1. The third-order valence-electron chi connectivity index (χ3n) is 6.18. The van der Waals surface area contributed by atoms with Crippen molar-refractivity contribution in [3.8, 4) is 0 Å². The quantitative estimate of drug-likeness (QED) is 0.303. The Kier molecular flexibility index (Phi) is 11.7. The van der Waals surface area contributed by atoms with Crippen LogP contribution in [0.5, 0.6) is 0 Å². The number of piperazine rings is 1. The Balaban J connectivity index is 0.00000363. The minimum Gasteiger partial charge on any atom is -0.377 e. The molecular formula is C24H40IN5O2. The van der Waals surface area contributed by atoms with Gasteiger partial charge < -0.3 is 19.9 Å². The first-order valence-electron chi connectivity index (χ1n) is 11.8. The van der Waals surface area contributed by atoms with Crippen LogP contribution in [0.2, 0.25) is 0 Å². The first-order chi connectivity index (χ1) is 15.1. The van der Waals surface area contributed by atoms with Crippen molar-refractivity contribution >= 4 is 35.8 Å². The number of carbonyl (C=O) groups is 1. The summed E-state index contributed by atoms with van der Waals surface area (Å²) in [5.74, 6) is 1.25. The highest BCUT2D eigenvalue weighted by Gasteiger charge is 2.30. The van der Waals surface area contributed by atoms with Crippen molar-refractivity contribution in [2.45, 2.75) is 52.8 Å². The van der Waals surface area contributed by atoms with Gasteiger partial charge >= 0.3 is 0 Å². The van der Waals surface area contributed by atoms with E-state index in [1.54, 1.807) is 0 Å². The van der Waals surface area contributed by atoms with Crippen molar-refractivity contribution in [1.29, 1.82) is 0 Å². The molecule has 1 amide bonds. The summed E-state index contributed by atoms with van der Waals surface area (Å²) >= 11 is 0. The Labute approximate surface area is 210 Å². The number of nitrogens with one attached hydrogen (secondary N) is 1. The number of ether oxygens (including phenoxy) is 1. The molecule has 0 spiro atoms. The number of carbonyl (C=O) groups excluding carboxylic acids is 1. The minimum absolute atomic E-state index is 0. The van der Waals surface area contributed by atoms with Gasteiger partial charge in [0.25, 0.3) is 0 Å². The Morgan fingerprint density at radius 3 is 2.22 bits per heavy atom. The van der Waals surface area contributed by atoms with Gasteiger partial charge in [-0.3, -0.25) is 9.69 Å². The van der Waals surface area contributed by atoms with Crippen molar-refractivity contribution in [3.63, 3.8) is 0 Å². The lowest BCUT2D eigenvalue weighted by Crippen LogP contribution is -2.57. The topological polar surface area (TPSA) is 60.4 Å². The molecule has 180 valence electrons. The molecule has 1 aromatic rings. The zero-order valence-corrected chi connectivity index (χ0v) is 22.2. The number of guanidine groups is 1. The van der Waals surface area contributed by atoms with Gasteiger partial charge in [0.1, 0.15) is 0 Å². The summed E-state index contributed by atoms with van der Waals surface area (Å²) in [5.41, 5.74) is 2.38. The second kappa shape index (κ2) is 14.0. The molecule has 0 saturated carbocycles. The molecule has 0 radical (unpaired) electrons. The molecule has 1 unspecified atom stereocenters. The van der Waals surface area contributed by atoms with Crippen LogP contribution in [-0.2, 0) is 22.7 Å². The first kappa shape index (κ1) is 26.9. The van der Waals surface area contributed by atoms with E-state index in [1.807, 2.05) is 11.8 Å². The molecule has 2 aliphatic rings. The van der Waals surface area contributed by atoms with Crippen molar-refractivity contribution in [3.05, 3.63) is 35.4 Å². The summed E-state index contributed by atoms with van der Waals surface area (Å²) in [6.07, 6.45) is 2.29. The van der Waals surface area contributed by atoms with Crippen LogP contribution in [0.25, 0.3) is 0 Å². The van der Waals surface area contributed by atoms with E-state index in [0.717, 1.165) is 71.2 Å². The Bertz CT molecular complexity index is 714.